The molecule has 1 atom stereocenters. The Morgan fingerprint density at radius 2 is 2.53 bits per heavy atom. The van der Waals surface area contributed by atoms with Crippen molar-refractivity contribution in [2.75, 3.05) is 25.6 Å². The zero-order valence-electron chi connectivity index (χ0n) is 8.90. The number of aromatic nitrogens is 1. The third kappa shape index (κ3) is 2.59. The number of ether oxygens (including phenoxy) is 2. The topological polar surface area (TPSA) is 57.4 Å². The maximum Gasteiger partial charge on any atom is 0.213 e. The molecule has 1 fully saturated rings. The van der Waals surface area contributed by atoms with Gasteiger partial charge in [-0.1, -0.05) is 0 Å². The molecule has 0 radical (unpaired) electrons. The minimum Gasteiger partial charge on any atom is -0.477 e. The van der Waals surface area contributed by atoms with Crippen LogP contribution in [0.2, 0.25) is 0 Å². The van der Waals surface area contributed by atoms with Crippen LogP contribution < -0.4 is 10.5 Å². The molecule has 1 unspecified atom stereocenters. The second-order valence-electron chi connectivity index (χ2n) is 3.92. The summed E-state index contributed by atoms with van der Waals surface area (Å²) in [5, 5.41) is 0. The van der Waals surface area contributed by atoms with Crippen molar-refractivity contribution in [1.29, 1.82) is 0 Å². The van der Waals surface area contributed by atoms with Gasteiger partial charge in [-0.2, -0.15) is 0 Å². The van der Waals surface area contributed by atoms with Gasteiger partial charge in [0.1, 0.15) is 0 Å². The van der Waals surface area contributed by atoms with Crippen LogP contribution in [0, 0.1) is 12.8 Å². The monoisotopic (exact) mass is 208 g/mol. The number of anilines is 1. The number of hydrogen-bond donors (Lipinski definition) is 1. The molecule has 4 heteroatoms. The number of nitrogen functional groups attached to an aromatic ring is 1. The quantitative estimate of drug-likeness (QED) is 0.815. The van der Waals surface area contributed by atoms with Gasteiger partial charge in [0.05, 0.1) is 25.1 Å². The van der Waals surface area contributed by atoms with Crippen molar-refractivity contribution in [3.05, 3.63) is 17.8 Å². The molecule has 4 nitrogen and oxygen atoms in total. The van der Waals surface area contributed by atoms with Gasteiger partial charge < -0.3 is 15.2 Å². The SMILES string of the molecule is Cc1cc(OCC2CCOC2)ncc1N. The predicted molar refractivity (Wildman–Crippen MR) is 57.8 cm³/mol. The lowest BCUT2D eigenvalue weighted by atomic mass is 10.1. The number of pyridine rings is 1. The Morgan fingerprint density at radius 3 is 3.20 bits per heavy atom. The Bertz CT molecular complexity index is 335. The fraction of sp³-hybridized carbons (Fsp3) is 0.545. The highest BCUT2D eigenvalue weighted by molar-refractivity contribution is 5.45. The van der Waals surface area contributed by atoms with Gasteiger partial charge in [0.2, 0.25) is 5.88 Å². The number of nitrogens with zero attached hydrogens (tertiary/aromatic N) is 1. The molecule has 1 aliphatic heterocycles. The first-order valence-electron chi connectivity index (χ1n) is 5.18. The van der Waals surface area contributed by atoms with Crippen LogP contribution in [0.3, 0.4) is 0 Å². The number of nitrogens with two attached hydrogens (primary N) is 1. The summed E-state index contributed by atoms with van der Waals surface area (Å²) >= 11 is 0. The summed E-state index contributed by atoms with van der Waals surface area (Å²) in [6.45, 7) is 4.27. The standard InChI is InChI=1S/C11H16N2O2/c1-8-4-11(13-5-10(8)12)15-7-9-2-3-14-6-9/h4-5,9H,2-3,6-7,12H2,1H3. The van der Waals surface area contributed by atoms with Crippen LogP contribution in [0.5, 0.6) is 5.88 Å². The van der Waals surface area contributed by atoms with E-state index in [1.165, 1.54) is 0 Å². The molecule has 2 rings (SSSR count). The van der Waals surface area contributed by atoms with Gasteiger partial charge >= 0.3 is 0 Å². The van der Waals surface area contributed by atoms with Gasteiger partial charge in [-0.15, -0.1) is 0 Å². The minimum absolute atomic E-state index is 0.504. The number of hydrogen-bond acceptors (Lipinski definition) is 4. The van der Waals surface area contributed by atoms with E-state index in [0.717, 1.165) is 25.2 Å². The Balaban J connectivity index is 1.90. The molecule has 1 saturated heterocycles. The number of rotatable bonds is 3. The Morgan fingerprint density at radius 1 is 1.67 bits per heavy atom. The molecule has 0 bridgehead atoms. The molecule has 1 aromatic heterocycles. The molecule has 0 spiro atoms. The Labute approximate surface area is 89.4 Å². The third-order valence-corrected chi connectivity index (χ3v) is 2.62. The largest absolute Gasteiger partial charge is 0.477 e. The van der Waals surface area contributed by atoms with Crippen LogP contribution in [-0.4, -0.2) is 24.8 Å². The van der Waals surface area contributed by atoms with Crippen LogP contribution in [0.1, 0.15) is 12.0 Å². The van der Waals surface area contributed by atoms with E-state index < -0.39 is 0 Å². The average Bonchev–Trinajstić information content (AvgIpc) is 2.73. The first-order chi connectivity index (χ1) is 7.25. The average molecular weight is 208 g/mol. The number of aryl methyl sites for hydroxylation is 1. The molecular weight excluding hydrogens is 192 g/mol. The van der Waals surface area contributed by atoms with E-state index in [0.29, 0.717) is 24.1 Å². The highest BCUT2D eigenvalue weighted by Crippen LogP contribution is 2.17. The van der Waals surface area contributed by atoms with E-state index in [4.69, 9.17) is 15.2 Å². The third-order valence-electron chi connectivity index (χ3n) is 2.62. The zero-order valence-corrected chi connectivity index (χ0v) is 8.90. The highest BCUT2D eigenvalue weighted by Gasteiger charge is 2.16. The molecule has 0 aliphatic carbocycles. The lowest BCUT2D eigenvalue weighted by Crippen LogP contribution is -2.12. The summed E-state index contributed by atoms with van der Waals surface area (Å²) in [4.78, 5) is 4.11. The van der Waals surface area contributed by atoms with Crippen molar-refractivity contribution in [2.45, 2.75) is 13.3 Å². The summed E-state index contributed by atoms with van der Waals surface area (Å²) in [5.41, 5.74) is 7.37. The summed E-state index contributed by atoms with van der Waals surface area (Å²) in [5.74, 6) is 1.15. The molecule has 0 amide bonds. The van der Waals surface area contributed by atoms with Gasteiger partial charge in [0, 0.05) is 18.6 Å². The highest BCUT2D eigenvalue weighted by atomic mass is 16.5. The minimum atomic E-state index is 0.504. The van der Waals surface area contributed by atoms with Crippen molar-refractivity contribution in [2.24, 2.45) is 5.92 Å². The van der Waals surface area contributed by atoms with Gasteiger partial charge in [0.25, 0.3) is 0 Å². The summed E-state index contributed by atoms with van der Waals surface area (Å²) in [6, 6.07) is 1.87. The van der Waals surface area contributed by atoms with E-state index in [-0.39, 0.29) is 0 Å². The fourth-order valence-electron chi connectivity index (χ4n) is 1.54. The van der Waals surface area contributed by atoms with Crippen molar-refractivity contribution in [3.8, 4) is 5.88 Å². The smallest absolute Gasteiger partial charge is 0.213 e. The van der Waals surface area contributed by atoms with Gasteiger partial charge in [-0.25, -0.2) is 4.98 Å². The predicted octanol–water partition coefficient (Wildman–Crippen LogP) is 1.39. The molecule has 0 aromatic carbocycles. The van der Waals surface area contributed by atoms with E-state index in [1.807, 2.05) is 13.0 Å². The molecule has 2 heterocycles. The lowest BCUT2D eigenvalue weighted by Gasteiger charge is -2.10. The van der Waals surface area contributed by atoms with Crippen LogP contribution >= 0.6 is 0 Å². The summed E-state index contributed by atoms with van der Waals surface area (Å²) < 4.78 is 10.8. The Hall–Kier alpha value is -1.29. The summed E-state index contributed by atoms with van der Waals surface area (Å²) in [6.07, 6.45) is 2.71. The van der Waals surface area contributed by atoms with Crippen molar-refractivity contribution >= 4 is 5.69 Å². The van der Waals surface area contributed by atoms with Crippen LogP contribution in [0.25, 0.3) is 0 Å². The maximum absolute atomic E-state index is 5.67. The molecule has 0 saturated carbocycles. The van der Waals surface area contributed by atoms with E-state index in [9.17, 15) is 0 Å². The van der Waals surface area contributed by atoms with Crippen molar-refractivity contribution < 1.29 is 9.47 Å². The second-order valence-corrected chi connectivity index (χ2v) is 3.92. The normalized spacial score (nSPS) is 20.5. The van der Waals surface area contributed by atoms with E-state index in [2.05, 4.69) is 4.98 Å². The summed E-state index contributed by atoms with van der Waals surface area (Å²) in [7, 11) is 0. The molecule has 1 aliphatic rings. The molecule has 1 aromatic rings. The fourth-order valence-corrected chi connectivity index (χ4v) is 1.54. The van der Waals surface area contributed by atoms with Crippen LogP contribution in [-0.2, 0) is 4.74 Å². The van der Waals surface area contributed by atoms with E-state index >= 15 is 0 Å². The Kier molecular flexibility index (Phi) is 3.06. The van der Waals surface area contributed by atoms with Crippen molar-refractivity contribution in [3.63, 3.8) is 0 Å². The van der Waals surface area contributed by atoms with Crippen LogP contribution in [0.4, 0.5) is 5.69 Å². The van der Waals surface area contributed by atoms with Crippen molar-refractivity contribution in [1.82, 2.24) is 4.98 Å². The molecule has 82 valence electrons. The maximum atomic E-state index is 5.67. The second kappa shape index (κ2) is 4.49. The molecule has 15 heavy (non-hydrogen) atoms. The first kappa shape index (κ1) is 10.2. The van der Waals surface area contributed by atoms with Gasteiger partial charge in [0.15, 0.2) is 0 Å². The first-order valence-corrected chi connectivity index (χ1v) is 5.18. The van der Waals surface area contributed by atoms with Gasteiger partial charge in [-0.05, 0) is 18.9 Å². The molecular formula is C11H16N2O2. The van der Waals surface area contributed by atoms with E-state index in [1.54, 1.807) is 6.20 Å². The lowest BCUT2D eigenvalue weighted by molar-refractivity contribution is 0.165. The van der Waals surface area contributed by atoms with Gasteiger partial charge in [-0.3, -0.25) is 0 Å². The molecule has 2 N–H and O–H groups in total. The zero-order chi connectivity index (χ0) is 10.7. The van der Waals surface area contributed by atoms with Crippen LogP contribution in [0.15, 0.2) is 12.3 Å².